The summed E-state index contributed by atoms with van der Waals surface area (Å²) in [6.07, 6.45) is 4.75. The molecule has 1 aliphatic carbocycles. The van der Waals surface area contributed by atoms with Crippen molar-refractivity contribution in [2.24, 2.45) is 16.8 Å². The first-order chi connectivity index (χ1) is 15.1. The average Bonchev–Trinajstić information content (AvgIpc) is 3.55. The van der Waals surface area contributed by atoms with Crippen molar-refractivity contribution < 1.29 is 26.6 Å². The summed E-state index contributed by atoms with van der Waals surface area (Å²) in [5.74, 6) is -2.68. The fourth-order valence-electron chi connectivity index (χ4n) is 3.12. The Bertz CT molecular complexity index is 1270. The van der Waals surface area contributed by atoms with E-state index in [9.17, 15) is 22.4 Å². The van der Waals surface area contributed by atoms with E-state index in [1.807, 2.05) is 0 Å². The second-order valence-corrected chi connectivity index (χ2v) is 8.97. The van der Waals surface area contributed by atoms with Crippen LogP contribution in [0.15, 0.2) is 22.2 Å². The van der Waals surface area contributed by atoms with Crippen LogP contribution in [0.3, 0.4) is 0 Å². The zero-order valence-electron chi connectivity index (χ0n) is 17.4. The van der Waals surface area contributed by atoms with Crippen molar-refractivity contribution in [3.8, 4) is 0 Å². The standard InChI is InChI=1S/C19H22FN5O6S/c1-30-23-8-10(7-21)5-15(22)16-14(20)6-12-17(26)13(19(27)31-32(2,28)29)9-25(11-3-4-11)18(12)24-16/h6,8-11,22H,3-5,7,21H2,1-2H3. The molecule has 3 N–H and O–H groups in total. The Morgan fingerprint density at radius 3 is 2.75 bits per heavy atom. The molecule has 1 aliphatic rings. The third kappa shape index (κ3) is 5.16. The minimum Gasteiger partial charge on any atom is -0.399 e. The highest BCUT2D eigenvalue weighted by Crippen LogP contribution is 2.36. The Labute approximate surface area is 182 Å². The minimum absolute atomic E-state index is 0.0330. The first-order valence-corrected chi connectivity index (χ1v) is 11.4. The predicted octanol–water partition coefficient (Wildman–Crippen LogP) is 0.952. The van der Waals surface area contributed by atoms with Gasteiger partial charge in [0, 0.05) is 37.3 Å². The molecule has 2 heterocycles. The van der Waals surface area contributed by atoms with E-state index in [4.69, 9.17) is 11.1 Å². The van der Waals surface area contributed by atoms with Crippen LogP contribution >= 0.6 is 0 Å². The van der Waals surface area contributed by atoms with E-state index in [2.05, 4.69) is 19.2 Å². The van der Waals surface area contributed by atoms with E-state index in [0.29, 0.717) is 6.26 Å². The third-order valence-corrected chi connectivity index (χ3v) is 5.23. The van der Waals surface area contributed by atoms with E-state index >= 15 is 0 Å². The van der Waals surface area contributed by atoms with Crippen LogP contribution < -0.4 is 11.2 Å². The van der Waals surface area contributed by atoms with Gasteiger partial charge in [0.2, 0.25) is 5.43 Å². The van der Waals surface area contributed by atoms with Crippen molar-refractivity contribution in [2.45, 2.75) is 25.3 Å². The average molecular weight is 467 g/mol. The van der Waals surface area contributed by atoms with E-state index in [0.717, 1.165) is 18.9 Å². The van der Waals surface area contributed by atoms with Crippen molar-refractivity contribution in [2.75, 3.05) is 19.9 Å². The van der Waals surface area contributed by atoms with E-state index in [1.165, 1.54) is 24.1 Å². The molecular weight excluding hydrogens is 445 g/mol. The lowest BCUT2D eigenvalue weighted by Gasteiger charge is -2.14. The number of pyridine rings is 2. The molecule has 3 rings (SSSR count). The van der Waals surface area contributed by atoms with Gasteiger partial charge in [0.15, 0.2) is 5.82 Å². The molecule has 0 amide bonds. The topological polar surface area (TPSA) is 167 Å². The van der Waals surface area contributed by atoms with Crippen molar-refractivity contribution >= 4 is 39.0 Å². The summed E-state index contributed by atoms with van der Waals surface area (Å²) in [6, 6.07) is 0.791. The van der Waals surface area contributed by atoms with Crippen molar-refractivity contribution in [3.05, 3.63) is 39.6 Å². The second kappa shape index (κ2) is 9.12. The van der Waals surface area contributed by atoms with Gasteiger partial charge in [-0.25, -0.2) is 14.2 Å². The number of hydrogen-bond acceptors (Lipinski definition) is 10. The molecule has 11 nitrogen and oxygen atoms in total. The molecular formula is C19H22FN5O6S. The van der Waals surface area contributed by atoms with Gasteiger partial charge in [-0.05, 0) is 18.9 Å². The molecule has 1 fully saturated rings. The number of nitrogens with one attached hydrogen (secondary N) is 1. The lowest BCUT2D eigenvalue weighted by molar-refractivity contribution is 0.0746. The molecule has 172 valence electrons. The van der Waals surface area contributed by atoms with Gasteiger partial charge in [0.05, 0.1) is 17.4 Å². The minimum atomic E-state index is -4.15. The highest BCUT2D eigenvalue weighted by Gasteiger charge is 2.30. The fourth-order valence-corrected chi connectivity index (χ4v) is 3.48. The number of nitrogens with zero attached hydrogens (tertiary/aromatic N) is 3. The van der Waals surface area contributed by atoms with Crippen molar-refractivity contribution in [3.63, 3.8) is 0 Å². The van der Waals surface area contributed by atoms with Crippen LogP contribution in [0.2, 0.25) is 0 Å². The number of carbonyl (C=O) groups is 1. The molecule has 0 radical (unpaired) electrons. The quantitative estimate of drug-likeness (QED) is 0.312. The number of rotatable bonds is 9. The Hall–Kier alpha value is -3.19. The maximum Gasteiger partial charge on any atom is 0.359 e. The second-order valence-electron chi connectivity index (χ2n) is 7.39. The Balaban J connectivity index is 2.10. The van der Waals surface area contributed by atoms with Crippen LogP contribution in [0, 0.1) is 17.1 Å². The monoisotopic (exact) mass is 467 g/mol. The fraction of sp³-hybridized carbons (Fsp3) is 0.421. The molecule has 0 saturated heterocycles. The first-order valence-electron chi connectivity index (χ1n) is 9.59. The Kier molecular flexibility index (Phi) is 6.69. The summed E-state index contributed by atoms with van der Waals surface area (Å²) in [6.45, 7) is 0.142. The molecule has 1 atom stereocenters. The van der Waals surface area contributed by atoms with Crippen LogP contribution in [0.4, 0.5) is 4.39 Å². The van der Waals surface area contributed by atoms with Gasteiger partial charge in [-0.2, -0.15) is 8.42 Å². The maximum atomic E-state index is 14.9. The molecule has 13 heteroatoms. The summed E-state index contributed by atoms with van der Waals surface area (Å²) in [5.41, 5.74) is 3.87. The van der Waals surface area contributed by atoms with Gasteiger partial charge in [-0.1, -0.05) is 5.16 Å². The van der Waals surface area contributed by atoms with Gasteiger partial charge < -0.3 is 24.7 Å². The highest BCUT2D eigenvalue weighted by atomic mass is 32.2. The maximum absolute atomic E-state index is 14.9. The lowest BCUT2D eigenvalue weighted by Crippen LogP contribution is -2.24. The van der Waals surface area contributed by atoms with Crippen molar-refractivity contribution in [1.29, 1.82) is 5.41 Å². The number of halogens is 1. The van der Waals surface area contributed by atoms with Gasteiger partial charge in [-0.3, -0.25) is 4.79 Å². The van der Waals surface area contributed by atoms with E-state index < -0.39 is 38.8 Å². The zero-order chi connectivity index (χ0) is 23.6. The van der Waals surface area contributed by atoms with Crippen LogP contribution in [-0.2, 0) is 19.1 Å². The molecule has 1 saturated carbocycles. The van der Waals surface area contributed by atoms with Gasteiger partial charge >= 0.3 is 16.1 Å². The highest BCUT2D eigenvalue weighted by molar-refractivity contribution is 7.86. The number of oxime groups is 1. The largest absolute Gasteiger partial charge is 0.399 e. The summed E-state index contributed by atoms with van der Waals surface area (Å²) < 4.78 is 43.3. The van der Waals surface area contributed by atoms with Crippen LogP contribution in [0.1, 0.15) is 41.4 Å². The zero-order valence-corrected chi connectivity index (χ0v) is 18.2. The van der Waals surface area contributed by atoms with Crippen LogP contribution in [0.5, 0.6) is 0 Å². The Morgan fingerprint density at radius 1 is 1.50 bits per heavy atom. The predicted molar refractivity (Wildman–Crippen MR) is 114 cm³/mol. The number of fused-ring (bicyclic) bond motifs is 1. The summed E-state index contributed by atoms with van der Waals surface area (Å²) in [5, 5.41) is 11.7. The van der Waals surface area contributed by atoms with Crippen LogP contribution in [-0.4, -0.2) is 55.8 Å². The summed E-state index contributed by atoms with van der Waals surface area (Å²) in [7, 11) is -2.79. The van der Waals surface area contributed by atoms with E-state index in [1.54, 1.807) is 0 Å². The molecule has 2 aromatic rings. The molecule has 0 aromatic carbocycles. The number of nitrogens with two attached hydrogens (primary N) is 1. The number of carbonyl (C=O) groups excluding carboxylic acids is 1. The smallest absolute Gasteiger partial charge is 0.359 e. The summed E-state index contributed by atoms with van der Waals surface area (Å²) >= 11 is 0. The molecule has 32 heavy (non-hydrogen) atoms. The molecule has 0 spiro atoms. The normalized spacial score (nSPS) is 15.1. The number of aromatic nitrogens is 2. The third-order valence-electron chi connectivity index (χ3n) is 4.78. The number of hydrogen-bond donors (Lipinski definition) is 2. The molecule has 2 aromatic heterocycles. The first kappa shape index (κ1) is 23.5. The van der Waals surface area contributed by atoms with Gasteiger partial charge in [0.25, 0.3) is 0 Å². The summed E-state index contributed by atoms with van der Waals surface area (Å²) in [4.78, 5) is 33.9. The van der Waals surface area contributed by atoms with Gasteiger partial charge in [0.1, 0.15) is 24.0 Å². The SMILES string of the molecule is CON=CC(CN)CC(=N)c1nc2c(cc1F)c(=O)c(C(=O)OS(C)(=O)=O)cn2C1CC1. The van der Waals surface area contributed by atoms with Crippen LogP contribution in [0.25, 0.3) is 11.0 Å². The van der Waals surface area contributed by atoms with Gasteiger partial charge in [-0.15, -0.1) is 0 Å². The Morgan fingerprint density at radius 2 is 2.19 bits per heavy atom. The lowest BCUT2D eigenvalue weighted by atomic mass is 10.0. The molecule has 0 bridgehead atoms. The molecule has 1 unspecified atom stereocenters. The molecule has 0 aliphatic heterocycles. The van der Waals surface area contributed by atoms with E-state index in [-0.39, 0.29) is 41.4 Å². The van der Waals surface area contributed by atoms with Crippen molar-refractivity contribution in [1.82, 2.24) is 9.55 Å².